The molecule has 1 aromatic rings. The highest BCUT2D eigenvalue weighted by Crippen LogP contribution is 2.40. The molecule has 2 aliphatic rings. The molecule has 7 heteroatoms. The second-order valence-electron chi connectivity index (χ2n) is 7.93. The van der Waals surface area contributed by atoms with Crippen molar-refractivity contribution >= 4 is 29.4 Å². The van der Waals surface area contributed by atoms with E-state index >= 15 is 0 Å². The number of rotatable bonds is 7. The summed E-state index contributed by atoms with van der Waals surface area (Å²) in [5.41, 5.74) is 1.09. The maximum atomic E-state index is 12.9. The van der Waals surface area contributed by atoms with Gasteiger partial charge in [-0.1, -0.05) is 18.9 Å². The van der Waals surface area contributed by atoms with Crippen molar-refractivity contribution in [1.82, 2.24) is 9.88 Å². The highest BCUT2D eigenvalue weighted by Gasteiger charge is 2.49. The Bertz CT molecular complexity index is 716. The Morgan fingerprint density at radius 2 is 2.04 bits per heavy atom. The van der Waals surface area contributed by atoms with E-state index in [0.29, 0.717) is 12.2 Å². The molecule has 1 amide bonds. The molecule has 2 heterocycles. The minimum atomic E-state index is -0.698. The van der Waals surface area contributed by atoms with Crippen molar-refractivity contribution in [3.05, 3.63) is 30.1 Å². The van der Waals surface area contributed by atoms with Crippen LogP contribution in [0.3, 0.4) is 0 Å². The van der Waals surface area contributed by atoms with Crippen LogP contribution in [0.2, 0.25) is 0 Å². The molecular weight excluding hydrogens is 376 g/mol. The van der Waals surface area contributed by atoms with Gasteiger partial charge in [0.2, 0.25) is 5.78 Å². The predicted molar refractivity (Wildman–Crippen MR) is 108 cm³/mol. The smallest absolute Gasteiger partial charge is 0.329 e. The molecule has 3 rings (SSSR count). The number of ether oxygens (including phenoxy) is 1. The fraction of sp³-hybridized carbons (Fsp3) is 0.619. The lowest BCUT2D eigenvalue weighted by atomic mass is 10.0. The number of pyridine rings is 1. The zero-order valence-corrected chi connectivity index (χ0v) is 17.4. The van der Waals surface area contributed by atoms with Crippen LogP contribution in [-0.2, 0) is 25.5 Å². The van der Waals surface area contributed by atoms with Gasteiger partial charge in [-0.2, -0.15) is 0 Å². The number of nitrogens with zero attached hydrogens (tertiary/aromatic N) is 2. The molecule has 0 spiro atoms. The van der Waals surface area contributed by atoms with Crippen LogP contribution in [0.25, 0.3) is 0 Å². The molecule has 0 aromatic carbocycles. The van der Waals surface area contributed by atoms with Crippen LogP contribution in [0.15, 0.2) is 24.5 Å². The normalized spacial score (nSPS) is 21.6. The number of carbonyl (C=O) groups excluding carboxylic acids is 3. The van der Waals surface area contributed by atoms with Crippen LogP contribution in [-0.4, -0.2) is 50.8 Å². The van der Waals surface area contributed by atoms with Gasteiger partial charge in [0, 0.05) is 24.1 Å². The van der Waals surface area contributed by atoms with E-state index < -0.39 is 22.8 Å². The number of ketones is 1. The number of carbonyl (C=O) groups is 3. The van der Waals surface area contributed by atoms with E-state index in [1.807, 2.05) is 26.0 Å². The van der Waals surface area contributed by atoms with Gasteiger partial charge in [-0.05, 0) is 51.2 Å². The molecule has 0 N–H and O–H groups in total. The second-order valence-corrected chi connectivity index (χ2v) is 9.55. The van der Waals surface area contributed by atoms with Crippen molar-refractivity contribution in [3.63, 3.8) is 0 Å². The fourth-order valence-corrected chi connectivity index (χ4v) is 5.13. The summed E-state index contributed by atoms with van der Waals surface area (Å²) in [5.74, 6) is -1.03. The van der Waals surface area contributed by atoms with E-state index in [4.69, 9.17) is 4.74 Å². The Labute approximate surface area is 170 Å². The average Bonchev–Trinajstić information content (AvgIpc) is 3.32. The number of amides is 1. The van der Waals surface area contributed by atoms with E-state index in [1.54, 1.807) is 12.4 Å². The minimum Gasteiger partial charge on any atom is -0.464 e. The Balaban J connectivity index is 1.57. The zero-order valence-electron chi connectivity index (χ0n) is 16.6. The predicted octanol–water partition coefficient (Wildman–Crippen LogP) is 3.00. The van der Waals surface area contributed by atoms with E-state index in [2.05, 4.69) is 4.98 Å². The van der Waals surface area contributed by atoms with Crippen molar-refractivity contribution in [3.8, 4) is 0 Å². The second kappa shape index (κ2) is 9.07. The number of aryl methyl sites for hydroxylation is 1. The molecule has 1 aliphatic carbocycles. The van der Waals surface area contributed by atoms with Crippen molar-refractivity contribution in [2.45, 2.75) is 63.3 Å². The molecule has 1 saturated heterocycles. The lowest BCUT2D eigenvalue weighted by Gasteiger charge is -2.33. The molecule has 2 fully saturated rings. The summed E-state index contributed by atoms with van der Waals surface area (Å²) < 4.78 is 5.45. The molecule has 28 heavy (non-hydrogen) atoms. The molecule has 1 aliphatic heterocycles. The molecule has 0 bridgehead atoms. The lowest BCUT2D eigenvalue weighted by molar-refractivity contribution is -0.158. The maximum absolute atomic E-state index is 12.9. The quantitative estimate of drug-likeness (QED) is 0.395. The van der Waals surface area contributed by atoms with Crippen LogP contribution in [0.4, 0.5) is 0 Å². The number of aromatic nitrogens is 1. The van der Waals surface area contributed by atoms with Crippen LogP contribution in [0.1, 0.15) is 51.5 Å². The Kier molecular flexibility index (Phi) is 6.75. The van der Waals surface area contributed by atoms with Gasteiger partial charge < -0.3 is 9.64 Å². The first kappa shape index (κ1) is 20.8. The maximum Gasteiger partial charge on any atom is 0.329 e. The van der Waals surface area contributed by atoms with Gasteiger partial charge >= 0.3 is 5.97 Å². The summed E-state index contributed by atoms with van der Waals surface area (Å²) in [6.07, 6.45) is 8.51. The molecule has 0 radical (unpaired) electrons. The average molecular weight is 405 g/mol. The van der Waals surface area contributed by atoms with Crippen molar-refractivity contribution in [1.29, 1.82) is 0 Å². The summed E-state index contributed by atoms with van der Waals surface area (Å²) in [5, 5.41) is 0. The van der Waals surface area contributed by atoms with Gasteiger partial charge in [0.05, 0.1) is 11.5 Å². The van der Waals surface area contributed by atoms with Gasteiger partial charge in [0.1, 0.15) is 6.04 Å². The molecule has 0 unspecified atom stereocenters. The largest absolute Gasteiger partial charge is 0.464 e. The van der Waals surface area contributed by atoms with Crippen molar-refractivity contribution < 1.29 is 19.1 Å². The number of thioether (sulfide) groups is 1. The van der Waals surface area contributed by atoms with Gasteiger partial charge in [-0.3, -0.25) is 14.6 Å². The van der Waals surface area contributed by atoms with E-state index in [9.17, 15) is 14.4 Å². The van der Waals surface area contributed by atoms with Crippen LogP contribution >= 0.6 is 11.8 Å². The van der Waals surface area contributed by atoms with Gasteiger partial charge in [0.25, 0.3) is 5.91 Å². The highest BCUT2D eigenvalue weighted by molar-refractivity contribution is 8.00. The summed E-state index contributed by atoms with van der Waals surface area (Å²) in [6, 6.07) is 3.17. The van der Waals surface area contributed by atoms with Crippen LogP contribution in [0, 0.1) is 5.92 Å². The topological polar surface area (TPSA) is 76.6 Å². The Morgan fingerprint density at radius 1 is 1.29 bits per heavy atom. The fourth-order valence-electron chi connectivity index (χ4n) is 3.93. The third kappa shape index (κ3) is 4.74. The first-order valence-corrected chi connectivity index (χ1v) is 11.0. The van der Waals surface area contributed by atoms with E-state index in [-0.39, 0.29) is 18.3 Å². The lowest BCUT2D eigenvalue weighted by Crippen LogP contribution is -2.53. The number of esters is 1. The standard InChI is InChI=1S/C21H28N2O4S/c1-21(2)23(19(25)18(24)16-9-3-4-10-16)17(14-28-21)20(26)27-12-6-8-15-7-5-11-22-13-15/h5,7,11,13,16-17H,3-4,6,8-10,12,14H2,1-2H3/t17-/m0/s1. The summed E-state index contributed by atoms with van der Waals surface area (Å²) in [4.78, 5) is 43.2. The van der Waals surface area contributed by atoms with E-state index in [1.165, 1.54) is 16.7 Å². The summed E-state index contributed by atoms with van der Waals surface area (Å²) >= 11 is 1.51. The minimum absolute atomic E-state index is 0.190. The molecule has 1 aromatic heterocycles. The molecule has 1 atom stereocenters. The Morgan fingerprint density at radius 3 is 2.71 bits per heavy atom. The van der Waals surface area contributed by atoms with Crippen LogP contribution < -0.4 is 0 Å². The molecule has 6 nitrogen and oxygen atoms in total. The Hall–Kier alpha value is -1.89. The molecule has 152 valence electrons. The van der Waals surface area contributed by atoms with Crippen molar-refractivity contribution in [2.75, 3.05) is 12.4 Å². The number of hydrogen-bond donors (Lipinski definition) is 0. The molecule has 1 saturated carbocycles. The number of Topliss-reactive ketones (excluding diaryl/α,β-unsaturated/α-hetero) is 1. The summed E-state index contributed by atoms with van der Waals surface area (Å²) in [6.45, 7) is 4.05. The third-order valence-corrected chi connectivity index (χ3v) is 6.88. The van der Waals surface area contributed by atoms with Crippen LogP contribution in [0.5, 0.6) is 0 Å². The first-order valence-electron chi connectivity index (χ1n) is 9.97. The van der Waals surface area contributed by atoms with Gasteiger partial charge in [-0.15, -0.1) is 11.8 Å². The summed E-state index contributed by atoms with van der Waals surface area (Å²) in [7, 11) is 0. The third-order valence-electron chi connectivity index (χ3n) is 5.49. The number of hydrogen-bond acceptors (Lipinski definition) is 6. The monoisotopic (exact) mass is 404 g/mol. The highest BCUT2D eigenvalue weighted by atomic mass is 32.2. The first-order chi connectivity index (χ1) is 13.4. The van der Waals surface area contributed by atoms with Gasteiger partial charge in [-0.25, -0.2) is 4.79 Å². The van der Waals surface area contributed by atoms with E-state index in [0.717, 1.165) is 37.7 Å². The van der Waals surface area contributed by atoms with Crippen molar-refractivity contribution in [2.24, 2.45) is 5.92 Å². The van der Waals surface area contributed by atoms with Gasteiger partial charge in [0.15, 0.2) is 0 Å². The SMILES string of the molecule is CC1(C)SC[C@@H](C(=O)OCCCc2cccnc2)N1C(=O)C(=O)C1CCCC1. The molecular formula is C21H28N2O4S. The zero-order chi connectivity index (χ0) is 20.1.